The van der Waals surface area contributed by atoms with Gasteiger partial charge in [0.2, 0.25) is 0 Å². The van der Waals surface area contributed by atoms with E-state index in [0.717, 1.165) is 19.7 Å². The van der Waals surface area contributed by atoms with Crippen molar-refractivity contribution in [3.63, 3.8) is 0 Å². The lowest BCUT2D eigenvalue weighted by Crippen LogP contribution is -2.26. The van der Waals surface area contributed by atoms with Crippen LogP contribution in [0.25, 0.3) is 0 Å². The Labute approximate surface area is 59.3 Å². The monoisotopic (exact) mass is 145 g/mol. The van der Waals surface area contributed by atoms with Crippen molar-refractivity contribution in [2.24, 2.45) is 0 Å². The van der Waals surface area contributed by atoms with E-state index in [1.54, 1.807) is 0 Å². The molecule has 1 atom stereocenters. The van der Waals surface area contributed by atoms with Crippen LogP contribution in [0, 0.1) is 0 Å². The fourth-order valence-electron chi connectivity index (χ4n) is 1.39. The van der Waals surface area contributed by atoms with Crippen molar-refractivity contribution in [2.75, 3.05) is 25.4 Å². The molecule has 1 spiro atoms. The second-order valence-corrected chi connectivity index (χ2v) is 3.98. The van der Waals surface area contributed by atoms with Gasteiger partial charge in [-0.05, 0) is 13.0 Å². The average Bonchev–Trinajstić information content (AvgIpc) is 2.45. The Morgan fingerprint density at radius 2 is 2.56 bits per heavy atom. The lowest BCUT2D eigenvalue weighted by atomic mass is 10.3. The minimum atomic E-state index is 0.194. The largest absolute Gasteiger partial charge is 0.362 e. The maximum absolute atomic E-state index is 5.60. The van der Waals surface area contributed by atoms with Crippen molar-refractivity contribution in [1.82, 2.24) is 5.32 Å². The van der Waals surface area contributed by atoms with Gasteiger partial charge in [0, 0.05) is 12.3 Å². The molecule has 0 bridgehead atoms. The van der Waals surface area contributed by atoms with E-state index in [1.165, 1.54) is 12.2 Å². The molecule has 2 heterocycles. The molecule has 2 nitrogen and oxygen atoms in total. The highest BCUT2D eigenvalue weighted by Crippen LogP contribution is 2.37. The van der Waals surface area contributed by atoms with Gasteiger partial charge in [-0.15, -0.1) is 11.8 Å². The van der Waals surface area contributed by atoms with Gasteiger partial charge in [-0.3, -0.25) is 0 Å². The molecule has 52 valence electrons. The molecule has 1 N–H and O–H groups in total. The van der Waals surface area contributed by atoms with Gasteiger partial charge in [0.15, 0.2) is 0 Å². The molecule has 2 aliphatic rings. The van der Waals surface area contributed by atoms with Gasteiger partial charge in [0.05, 0.1) is 6.61 Å². The van der Waals surface area contributed by atoms with E-state index in [1.807, 2.05) is 11.8 Å². The first-order chi connectivity index (χ1) is 4.41. The van der Waals surface area contributed by atoms with Crippen LogP contribution in [0.2, 0.25) is 0 Å². The zero-order chi connectivity index (χ0) is 6.16. The van der Waals surface area contributed by atoms with E-state index >= 15 is 0 Å². The van der Waals surface area contributed by atoms with Gasteiger partial charge in [-0.1, -0.05) is 0 Å². The van der Waals surface area contributed by atoms with Gasteiger partial charge < -0.3 is 10.1 Å². The highest BCUT2D eigenvalue weighted by Gasteiger charge is 2.38. The first-order valence-electron chi connectivity index (χ1n) is 3.40. The fraction of sp³-hybridized carbons (Fsp3) is 1.00. The number of hydrogen-bond donors (Lipinski definition) is 1. The zero-order valence-corrected chi connectivity index (χ0v) is 6.17. The molecule has 9 heavy (non-hydrogen) atoms. The second kappa shape index (κ2) is 2.15. The Kier molecular flexibility index (Phi) is 1.43. The van der Waals surface area contributed by atoms with E-state index in [-0.39, 0.29) is 4.93 Å². The van der Waals surface area contributed by atoms with Crippen molar-refractivity contribution >= 4 is 11.8 Å². The van der Waals surface area contributed by atoms with Crippen molar-refractivity contribution in [3.8, 4) is 0 Å². The molecule has 2 rings (SSSR count). The van der Waals surface area contributed by atoms with Crippen LogP contribution < -0.4 is 5.32 Å². The van der Waals surface area contributed by atoms with E-state index in [9.17, 15) is 0 Å². The van der Waals surface area contributed by atoms with E-state index in [0.29, 0.717) is 0 Å². The fourth-order valence-corrected chi connectivity index (χ4v) is 2.55. The number of hydrogen-bond acceptors (Lipinski definition) is 3. The third-order valence-electron chi connectivity index (χ3n) is 1.89. The maximum Gasteiger partial charge on any atom is 0.127 e. The minimum absolute atomic E-state index is 0.194. The topological polar surface area (TPSA) is 21.3 Å². The summed E-state index contributed by atoms with van der Waals surface area (Å²) in [5, 5.41) is 3.31. The molecule has 1 unspecified atom stereocenters. The summed E-state index contributed by atoms with van der Waals surface area (Å²) < 4.78 is 5.60. The molecule has 3 heteroatoms. The Morgan fingerprint density at radius 1 is 1.56 bits per heavy atom. The lowest BCUT2D eigenvalue weighted by molar-refractivity contribution is 0.0672. The van der Waals surface area contributed by atoms with Crippen molar-refractivity contribution in [3.05, 3.63) is 0 Å². The average molecular weight is 145 g/mol. The van der Waals surface area contributed by atoms with Crippen LogP contribution >= 0.6 is 11.8 Å². The first-order valence-corrected chi connectivity index (χ1v) is 4.39. The normalized spacial score (nSPS) is 42.7. The molecular formula is C6H11NOS. The van der Waals surface area contributed by atoms with Crippen LogP contribution in [0.1, 0.15) is 6.42 Å². The van der Waals surface area contributed by atoms with E-state index in [4.69, 9.17) is 4.74 Å². The molecule has 0 amide bonds. The smallest absolute Gasteiger partial charge is 0.127 e. The standard InChI is InChI=1S/C6H11NOS/c1-2-7-5-6(1)8-3-4-9-6/h7H,1-5H2. The third-order valence-corrected chi connectivity index (χ3v) is 3.25. The summed E-state index contributed by atoms with van der Waals surface area (Å²) in [6, 6.07) is 0. The molecule has 0 aromatic heterocycles. The molecule has 0 saturated carbocycles. The summed E-state index contributed by atoms with van der Waals surface area (Å²) in [7, 11) is 0. The summed E-state index contributed by atoms with van der Waals surface area (Å²) in [4.78, 5) is 0.194. The number of thioether (sulfide) groups is 1. The number of rotatable bonds is 0. The summed E-state index contributed by atoms with van der Waals surface area (Å²) in [5.74, 6) is 1.18. The van der Waals surface area contributed by atoms with E-state index in [2.05, 4.69) is 5.32 Å². The molecule has 0 radical (unpaired) electrons. The summed E-state index contributed by atoms with van der Waals surface area (Å²) >= 11 is 1.97. The quantitative estimate of drug-likeness (QED) is 0.534. The van der Waals surface area contributed by atoms with Crippen LogP contribution in [0.15, 0.2) is 0 Å². The van der Waals surface area contributed by atoms with E-state index < -0.39 is 0 Å². The van der Waals surface area contributed by atoms with Gasteiger partial charge in [-0.25, -0.2) is 0 Å². The van der Waals surface area contributed by atoms with Crippen LogP contribution in [0.3, 0.4) is 0 Å². The lowest BCUT2D eigenvalue weighted by Gasteiger charge is -2.18. The van der Waals surface area contributed by atoms with Crippen molar-refractivity contribution < 1.29 is 4.74 Å². The number of ether oxygens (including phenoxy) is 1. The highest BCUT2D eigenvalue weighted by molar-refractivity contribution is 8.00. The maximum atomic E-state index is 5.60. The molecule has 2 saturated heterocycles. The number of nitrogens with one attached hydrogen (secondary N) is 1. The van der Waals surface area contributed by atoms with Gasteiger partial charge >= 0.3 is 0 Å². The van der Waals surface area contributed by atoms with Gasteiger partial charge in [0.25, 0.3) is 0 Å². The Bertz CT molecular complexity index is 88.1. The van der Waals surface area contributed by atoms with Crippen LogP contribution in [-0.4, -0.2) is 30.4 Å². The Balaban J connectivity index is 2.04. The predicted octanol–water partition coefficient (Wildman–Crippen LogP) is 0.439. The summed E-state index contributed by atoms with van der Waals surface area (Å²) in [6.07, 6.45) is 1.19. The first kappa shape index (κ1) is 6.01. The Morgan fingerprint density at radius 3 is 3.11 bits per heavy atom. The molecule has 2 fully saturated rings. The molecule has 0 aromatic carbocycles. The molecular weight excluding hydrogens is 134 g/mol. The SMILES string of the molecule is C1CC2(CN1)OCCS2. The van der Waals surface area contributed by atoms with Crippen LogP contribution in [-0.2, 0) is 4.74 Å². The van der Waals surface area contributed by atoms with Crippen molar-refractivity contribution in [2.45, 2.75) is 11.4 Å². The van der Waals surface area contributed by atoms with Crippen LogP contribution in [0.5, 0.6) is 0 Å². The Hall–Kier alpha value is 0.270. The minimum Gasteiger partial charge on any atom is -0.362 e. The summed E-state index contributed by atoms with van der Waals surface area (Å²) in [5.41, 5.74) is 0. The molecule has 2 aliphatic heterocycles. The summed E-state index contributed by atoms with van der Waals surface area (Å²) in [6.45, 7) is 3.14. The second-order valence-electron chi connectivity index (χ2n) is 2.53. The van der Waals surface area contributed by atoms with Gasteiger partial charge in [0.1, 0.15) is 4.93 Å². The van der Waals surface area contributed by atoms with Gasteiger partial charge in [-0.2, -0.15) is 0 Å². The highest BCUT2D eigenvalue weighted by atomic mass is 32.2. The molecule has 0 aliphatic carbocycles. The van der Waals surface area contributed by atoms with Crippen molar-refractivity contribution in [1.29, 1.82) is 0 Å². The molecule has 0 aromatic rings. The third kappa shape index (κ3) is 0.974. The van der Waals surface area contributed by atoms with Crippen LogP contribution in [0.4, 0.5) is 0 Å². The zero-order valence-electron chi connectivity index (χ0n) is 5.35. The predicted molar refractivity (Wildman–Crippen MR) is 38.6 cm³/mol.